The maximum atomic E-state index is 14.9. The number of aliphatic hydroxyl groups is 1. The molecule has 13 heteroatoms. The van der Waals surface area contributed by atoms with Crippen LogP contribution in [0.3, 0.4) is 0 Å². The van der Waals surface area contributed by atoms with Crippen LogP contribution in [0, 0.1) is 17.5 Å². The minimum atomic E-state index is -1.86. The molecule has 10 nitrogen and oxygen atoms in total. The molecule has 1 fully saturated rings. The molecule has 2 atom stereocenters. The van der Waals surface area contributed by atoms with Gasteiger partial charge in [0.1, 0.15) is 35.7 Å². The lowest BCUT2D eigenvalue weighted by molar-refractivity contribution is -0.0384. The van der Waals surface area contributed by atoms with Crippen LogP contribution in [0.15, 0.2) is 55.1 Å². The van der Waals surface area contributed by atoms with Gasteiger partial charge in [0.25, 0.3) is 0 Å². The Bertz CT molecular complexity index is 1340. The fraction of sp³-hybridized carbons (Fsp3) is 0.400. The molecule has 38 heavy (non-hydrogen) atoms. The Hall–Kier alpha value is -3.84. The molecule has 2 aromatic carbocycles. The summed E-state index contributed by atoms with van der Waals surface area (Å²) < 4.78 is 44.7. The van der Waals surface area contributed by atoms with Gasteiger partial charge in [-0.05, 0) is 47.7 Å². The monoisotopic (exact) mass is 527 g/mol. The van der Waals surface area contributed by atoms with Crippen LogP contribution >= 0.6 is 0 Å². The first-order valence-electron chi connectivity index (χ1n) is 12.3. The topological polar surface area (TPSA) is 101 Å². The highest BCUT2D eigenvalue weighted by Gasteiger charge is 2.42. The number of piperazine rings is 1. The second kappa shape index (κ2) is 10.9. The second-order valence-corrected chi connectivity index (χ2v) is 9.41. The molecular formula is C25H28F3N9O. The van der Waals surface area contributed by atoms with Crippen LogP contribution in [0.5, 0.6) is 0 Å². The predicted octanol–water partition coefficient (Wildman–Crippen LogP) is 2.20. The van der Waals surface area contributed by atoms with Crippen LogP contribution in [0.4, 0.5) is 18.9 Å². The van der Waals surface area contributed by atoms with Gasteiger partial charge in [0.2, 0.25) is 0 Å². The number of rotatable bonds is 9. The van der Waals surface area contributed by atoms with E-state index in [2.05, 4.69) is 35.4 Å². The Morgan fingerprint density at radius 1 is 1.00 bits per heavy atom. The Labute approximate surface area is 217 Å². The minimum absolute atomic E-state index is 0.0970. The van der Waals surface area contributed by atoms with Crippen molar-refractivity contribution in [2.75, 3.05) is 37.6 Å². The van der Waals surface area contributed by atoms with E-state index in [4.69, 9.17) is 0 Å². The Morgan fingerprint density at radius 2 is 1.74 bits per heavy atom. The first-order valence-corrected chi connectivity index (χ1v) is 12.3. The van der Waals surface area contributed by atoms with Gasteiger partial charge in [-0.2, -0.15) is 5.10 Å². The van der Waals surface area contributed by atoms with E-state index in [1.807, 2.05) is 0 Å². The number of hydrogen-bond donors (Lipinski definition) is 1. The van der Waals surface area contributed by atoms with Crippen LogP contribution in [0.2, 0.25) is 0 Å². The largest absolute Gasteiger partial charge is 0.381 e. The Balaban J connectivity index is 1.29. The van der Waals surface area contributed by atoms with Crippen molar-refractivity contribution in [3.8, 4) is 0 Å². The quantitative estimate of drug-likeness (QED) is 0.354. The van der Waals surface area contributed by atoms with Crippen molar-refractivity contribution >= 4 is 5.69 Å². The molecule has 0 bridgehead atoms. The zero-order chi connectivity index (χ0) is 26.7. The standard InChI is InChI=1S/C25H28F3N9O/c1-18(25(38,15-36-17-29-16-30-36)22-7-4-20(27)14-23(22)28)37-24(31-32-33-37)8-9-34-10-12-35(13-11-34)21-5-2-19(26)3-6-21/h2-7,14,16-18,38H,8-13,15H2,1H3/t18-,25+/m0/s1. The second-order valence-electron chi connectivity index (χ2n) is 9.41. The fourth-order valence-electron chi connectivity index (χ4n) is 4.86. The van der Waals surface area contributed by atoms with Crippen molar-refractivity contribution < 1.29 is 18.3 Å². The number of hydrogen-bond acceptors (Lipinski definition) is 8. The average molecular weight is 528 g/mol. The molecule has 0 unspecified atom stereocenters. The summed E-state index contributed by atoms with van der Waals surface area (Å²) >= 11 is 0. The van der Waals surface area contributed by atoms with E-state index >= 15 is 0 Å². The van der Waals surface area contributed by atoms with Crippen LogP contribution in [-0.2, 0) is 18.6 Å². The summed E-state index contributed by atoms with van der Waals surface area (Å²) in [5.41, 5.74) is -0.972. The third-order valence-electron chi connectivity index (χ3n) is 7.10. The number of aromatic nitrogens is 7. The summed E-state index contributed by atoms with van der Waals surface area (Å²) in [6.07, 6.45) is 3.22. The fourth-order valence-corrected chi connectivity index (χ4v) is 4.86. The highest BCUT2D eigenvalue weighted by Crippen LogP contribution is 2.36. The molecule has 1 saturated heterocycles. The number of benzene rings is 2. The van der Waals surface area contributed by atoms with Gasteiger partial charge >= 0.3 is 0 Å². The van der Waals surface area contributed by atoms with E-state index in [0.29, 0.717) is 18.8 Å². The first kappa shape index (κ1) is 25.8. The van der Waals surface area contributed by atoms with Gasteiger partial charge in [0.05, 0.1) is 12.6 Å². The highest BCUT2D eigenvalue weighted by atomic mass is 19.1. The zero-order valence-corrected chi connectivity index (χ0v) is 20.8. The first-order chi connectivity index (χ1) is 18.3. The van der Waals surface area contributed by atoms with Crippen molar-refractivity contribution in [1.82, 2.24) is 39.9 Å². The molecule has 1 N–H and O–H groups in total. The van der Waals surface area contributed by atoms with Crippen LogP contribution < -0.4 is 4.90 Å². The number of halogens is 3. The predicted molar refractivity (Wildman–Crippen MR) is 132 cm³/mol. The molecule has 4 aromatic rings. The molecule has 5 rings (SSSR count). The summed E-state index contributed by atoms with van der Waals surface area (Å²) in [5.74, 6) is -1.36. The van der Waals surface area contributed by atoms with E-state index in [1.165, 1.54) is 40.2 Å². The number of tetrazole rings is 1. The lowest BCUT2D eigenvalue weighted by Gasteiger charge is -2.36. The molecule has 0 radical (unpaired) electrons. The molecule has 3 heterocycles. The molecule has 2 aromatic heterocycles. The molecule has 0 spiro atoms. The molecular weight excluding hydrogens is 499 g/mol. The normalized spacial score (nSPS) is 16.9. The molecule has 0 aliphatic carbocycles. The minimum Gasteiger partial charge on any atom is -0.381 e. The number of nitrogens with zero attached hydrogens (tertiary/aromatic N) is 9. The van der Waals surface area contributed by atoms with Gasteiger partial charge in [-0.25, -0.2) is 27.5 Å². The van der Waals surface area contributed by atoms with Crippen molar-refractivity contribution in [3.63, 3.8) is 0 Å². The summed E-state index contributed by atoms with van der Waals surface area (Å²) in [5, 5.41) is 28.0. The van der Waals surface area contributed by atoms with Gasteiger partial charge < -0.3 is 10.0 Å². The highest BCUT2D eigenvalue weighted by molar-refractivity contribution is 5.46. The van der Waals surface area contributed by atoms with Crippen molar-refractivity contribution in [2.45, 2.75) is 31.5 Å². The van der Waals surface area contributed by atoms with Gasteiger partial charge in [0, 0.05) is 56.5 Å². The molecule has 200 valence electrons. The van der Waals surface area contributed by atoms with E-state index in [1.54, 1.807) is 19.1 Å². The van der Waals surface area contributed by atoms with Gasteiger partial charge in [-0.3, -0.25) is 4.90 Å². The van der Waals surface area contributed by atoms with Crippen molar-refractivity contribution in [1.29, 1.82) is 0 Å². The van der Waals surface area contributed by atoms with Crippen LogP contribution in [-0.4, -0.2) is 77.7 Å². The van der Waals surface area contributed by atoms with Crippen LogP contribution in [0.25, 0.3) is 0 Å². The van der Waals surface area contributed by atoms with Gasteiger partial charge in [-0.15, -0.1) is 5.10 Å². The van der Waals surface area contributed by atoms with E-state index in [0.717, 1.165) is 44.0 Å². The van der Waals surface area contributed by atoms with Gasteiger partial charge in [0.15, 0.2) is 5.82 Å². The van der Waals surface area contributed by atoms with Crippen molar-refractivity contribution in [2.24, 2.45) is 0 Å². The Kier molecular flexibility index (Phi) is 7.38. The van der Waals surface area contributed by atoms with E-state index in [9.17, 15) is 18.3 Å². The molecule has 1 aliphatic rings. The van der Waals surface area contributed by atoms with E-state index in [-0.39, 0.29) is 17.9 Å². The molecule has 1 aliphatic heterocycles. The summed E-state index contributed by atoms with van der Waals surface area (Å²) in [4.78, 5) is 8.39. The van der Waals surface area contributed by atoms with E-state index < -0.39 is 23.3 Å². The molecule has 0 amide bonds. The summed E-state index contributed by atoms with van der Waals surface area (Å²) in [6.45, 7) is 5.43. The lowest BCUT2D eigenvalue weighted by atomic mass is 9.86. The van der Waals surface area contributed by atoms with Crippen molar-refractivity contribution in [3.05, 3.63) is 84.0 Å². The van der Waals surface area contributed by atoms with Crippen LogP contribution in [0.1, 0.15) is 24.4 Å². The average Bonchev–Trinajstić information content (AvgIpc) is 3.60. The number of anilines is 1. The Morgan fingerprint density at radius 3 is 2.42 bits per heavy atom. The third kappa shape index (κ3) is 5.38. The maximum absolute atomic E-state index is 14.9. The maximum Gasteiger partial charge on any atom is 0.153 e. The molecule has 0 saturated carbocycles. The summed E-state index contributed by atoms with van der Waals surface area (Å²) in [6, 6.07) is 8.73. The van der Waals surface area contributed by atoms with Gasteiger partial charge in [-0.1, -0.05) is 6.07 Å². The lowest BCUT2D eigenvalue weighted by Crippen LogP contribution is -2.47. The summed E-state index contributed by atoms with van der Waals surface area (Å²) in [7, 11) is 0. The smallest absolute Gasteiger partial charge is 0.153 e. The third-order valence-corrected chi connectivity index (χ3v) is 7.10. The SMILES string of the molecule is C[C@H](n1nnnc1CCN1CCN(c2ccc(F)cc2)CC1)[C@](O)(Cn1cncn1)c1ccc(F)cc1F. The zero-order valence-electron chi connectivity index (χ0n) is 20.8.